The van der Waals surface area contributed by atoms with Crippen LogP contribution in [0.5, 0.6) is 0 Å². The maximum atomic E-state index is 12.9. The van der Waals surface area contributed by atoms with Gasteiger partial charge in [0, 0.05) is 41.7 Å². The van der Waals surface area contributed by atoms with E-state index in [9.17, 15) is 4.79 Å². The van der Waals surface area contributed by atoms with Crippen LogP contribution in [0.2, 0.25) is 0 Å². The molecule has 1 aliphatic rings. The highest BCUT2D eigenvalue weighted by Gasteiger charge is 2.21. The van der Waals surface area contributed by atoms with E-state index in [1.54, 1.807) is 23.1 Å². The predicted octanol–water partition coefficient (Wildman–Crippen LogP) is 4.90. The van der Waals surface area contributed by atoms with Crippen LogP contribution in [0.15, 0.2) is 46.2 Å². The highest BCUT2D eigenvalue weighted by molar-refractivity contribution is 7.98. The van der Waals surface area contributed by atoms with Gasteiger partial charge in [-0.15, -0.1) is 23.1 Å². The monoisotopic (exact) mass is 415 g/mol. The molecule has 1 amide bonds. The lowest BCUT2D eigenvalue weighted by Gasteiger charge is -2.31. The van der Waals surface area contributed by atoms with Gasteiger partial charge in [-0.1, -0.05) is 23.8 Å². The first-order valence-electron chi connectivity index (χ1n) is 9.80. The number of allylic oxidation sites excluding steroid dienone is 1. The summed E-state index contributed by atoms with van der Waals surface area (Å²) < 4.78 is 0. The van der Waals surface area contributed by atoms with Crippen molar-refractivity contribution in [3.05, 3.63) is 57.6 Å². The van der Waals surface area contributed by atoms with Gasteiger partial charge in [0.2, 0.25) is 0 Å². The SMILES string of the molecule is CC(C)=CCN1CCC(NC(=O)c2ccccc2SCc2csc(C)n2)CC1. The van der Waals surface area contributed by atoms with Crippen molar-refractivity contribution in [3.63, 3.8) is 0 Å². The summed E-state index contributed by atoms with van der Waals surface area (Å²) in [5, 5.41) is 6.43. The standard InChI is InChI=1S/C22H29N3OS2/c1-16(2)8-11-25-12-9-18(10-13-25)24-22(26)20-6-4-5-7-21(20)28-15-19-14-27-17(3)23-19/h4-8,14,18H,9-13,15H2,1-3H3,(H,24,26). The fraction of sp³-hybridized carbons (Fsp3) is 0.455. The summed E-state index contributed by atoms with van der Waals surface area (Å²) >= 11 is 3.35. The normalized spacial score (nSPS) is 15.4. The van der Waals surface area contributed by atoms with E-state index in [2.05, 4.69) is 40.5 Å². The second-order valence-corrected chi connectivity index (χ2v) is 9.55. The Labute approximate surface area is 176 Å². The van der Waals surface area contributed by atoms with Gasteiger partial charge < -0.3 is 5.32 Å². The number of thiazole rings is 1. The van der Waals surface area contributed by atoms with Gasteiger partial charge in [0.1, 0.15) is 0 Å². The number of likely N-dealkylation sites (tertiary alicyclic amines) is 1. The zero-order chi connectivity index (χ0) is 19.9. The molecule has 1 aliphatic heterocycles. The minimum atomic E-state index is 0.0420. The zero-order valence-corrected chi connectivity index (χ0v) is 18.5. The van der Waals surface area contributed by atoms with Crippen LogP contribution in [0.3, 0.4) is 0 Å². The Morgan fingerprint density at radius 3 is 2.75 bits per heavy atom. The Morgan fingerprint density at radius 2 is 2.07 bits per heavy atom. The minimum Gasteiger partial charge on any atom is -0.349 e. The van der Waals surface area contributed by atoms with Crippen molar-refractivity contribution >= 4 is 29.0 Å². The van der Waals surface area contributed by atoms with Crippen LogP contribution in [-0.4, -0.2) is 41.5 Å². The summed E-state index contributed by atoms with van der Waals surface area (Å²) in [6, 6.07) is 8.14. The van der Waals surface area contributed by atoms with Crippen molar-refractivity contribution in [2.24, 2.45) is 0 Å². The fourth-order valence-corrected chi connectivity index (χ4v) is 4.90. The number of aryl methyl sites for hydroxylation is 1. The summed E-state index contributed by atoms with van der Waals surface area (Å²) in [7, 11) is 0. The van der Waals surface area contributed by atoms with Gasteiger partial charge in [0.05, 0.1) is 16.3 Å². The molecule has 1 saturated heterocycles. The molecule has 0 unspecified atom stereocenters. The molecule has 150 valence electrons. The van der Waals surface area contributed by atoms with Gasteiger partial charge in [-0.25, -0.2) is 4.98 Å². The second kappa shape index (κ2) is 10.2. The largest absolute Gasteiger partial charge is 0.349 e. The molecule has 1 N–H and O–H groups in total. The van der Waals surface area contributed by atoms with Gasteiger partial charge >= 0.3 is 0 Å². The molecule has 0 bridgehead atoms. The second-order valence-electron chi connectivity index (χ2n) is 7.47. The van der Waals surface area contributed by atoms with Crippen molar-refractivity contribution in [1.82, 2.24) is 15.2 Å². The Morgan fingerprint density at radius 1 is 1.32 bits per heavy atom. The number of carbonyl (C=O) groups is 1. The van der Waals surface area contributed by atoms with E-state index in [0.29, 0.717) is 0 Å². The van der Waals surface area contributed by atoms with Crippen molar-refractivity contribution in [1.29, 1.82) is 0 Å². The maximum Gasteiger partial charge on any atom is 0.252 e. The number of amides is 1. The molecule has 1 fully saturated rings. The first-order valence-corrected chi connectivity index (χ1v) is 11.7. The maximum absolute atomic E-state index is 12.9. The Balaban J connectivity index is 1.54. The highest BCUT2D eigenvalue weighted by atomic mass is 32.2. The molecule has 3 rings (SSSR count). The molecule has 1 aromatic heterocycles. The van der Waals surface area contributed by atoms with Crippen LogP contribution in [0.4, 0.5) is 0 Å². The summed E-state index contributed by atoms with van der Waals surface area (Å²) in [6.07, 6.45) is 4.29. The van der Waals surface area contributed by atoms with E-state index in [1.807, 2.05) is 31.2 Å². The average Bonchev–Trinajstić information content (AvgIpc) is 3.11. The molecule has 6 heteroatoms. The van der Waals surface area contributed by atoms with Crippen LogP contribution >= 0.6 is 23.1 Å². The number of piperidine rings is 1. The predicted molar refractivity (Wildman–Crippen MR) is 119 cm³/mol. The fourth-order valence-electron chi connectivity index (χ4n) is 3.24. The van der Waals surface area contributed by atoms with Crippen molar-refractivity contribution in [2.45, 2.75) is 50.3 Å². The van der Waals surface area contributed by atoms with E-state index in [0.717, 1.165) is 59.4 Å². The van der Waals surface area contributed by atoms with Gasteiger partial charge in [-0.2, -0.15) is 0 Å². The summed E-state index contributed by atoms with van der Waals surface area (Å²) in [5.41, 5.74) is 3.20. The van der Waals surface area contributed by atoms with E-state index in [1.165, 1.54) is 5.57 Å². The van der Waals surface area contributed by atoms with Crippen LogP contribution < -0.4 is 5.32 Å². The first-order chi connectivity index (χ1) is 13.5. The molecule has 2 heterocycles. The molecule has 28 heavy (non-hydrogen) atoms. The molecule has 0 spiro atoms. The third-order valence-electron chi connectivity index (χ3n) is 4.85. The minimum absolute atomic E-state index is 0.0420. The summed E-state index contributed by atoms with van der Waals surface area (Å²) in [4.78, 5) is 20.9. The van der Waals surface area contributed by atoms with Crippen LogP contribution in [0.1, 0.15) is 47.7 Å². The molecule has 0 saturated carbocycles. The number of hydrogen-bond donors (Lipinski definition) is 1. The molecule has 0 aliphatic carbocycles. The summed E-state index contributed by atoms with van der Waals surface area (Å²) in [5.74, 6) is 0.831. The molecule has 0 radical (unpaired) electrons. The number of benzene rings is 1. The lowest BCUT2D eigenvalue weighted by Crippen LogP contribution is -2.44. The molecular weight excluding hydrogens is 386 g/mol. The van der Waals surface area contributed by atoms with Crippen molar-refractivity contribution in [3.8, 4) is 0 Å². The number of thioether (sulfide) groups is 1. The zero-order valence-electron chi connectivity index (χ0n) is 16.9. The number of hydrogen-bond acceptors (Lipinski definition) is 5. The quantitative estimate of drug-likeness (QED) is 0.516. The van der Waals surface area contributed by atoms with Gasteiger partial charge in [0.15, 0.2) is 0 Å². The van der Waals surface area contributed by atoms with E-state index < -0.39 is 0 Å². The van der Waals surface area contributed by atoms with Crippen LogP contribution in [0.25, 0.3) is 0 Å². The molecule has 1 aromatic carbocycles. The van der Waals surface area contributed by atoms with Crippen molar-refractivity contribution < 1.29 is 4.79 Å². The topological polar surface area (TPSA) is 45.2 Å². The molecule has 2 aromatic rings. The number of rotatable bonds is 7. The van der Waals surface area contributed by atoms with E-state index in [4.69, 9.17) is 0 Å². The van der Waals surface area contributed by atoms with Gasteiger partial charge in [0.25, 0.3) is 5.91 Å². The van der Waals surface area contributed by atoms with Gasteiger partial charge in [-0.3, -0.25) is 9.69 Å². The molecule has 0 atom stereocenters. The van der Waals surface area contributed by atoms with E-state index in [-0.39, 0.29) is 11.9 Å². The molecule has 4 nitrogen and oxygen atoms in total. The van der Waals surface area contributed by atoms with Crippen molar-refractivity contribution in [2.75, 3.05) is 19.6 Å². The van der Waals surface area contributed by atoms with E-state index >= 15 is 0 Å². The lowest BCUT2D eigenvalue weighted by atomic mass is 10.0. The number of aromatic nitrogens is 1. The Bertz CT molecular complexity index is 819. The number of nitrogens with zero attached hydrogens (tertiary/aromatic N) is 2. The third-order valence-corrected chi connectivity index (χ3v) is 6.78. The first kappa shape index (κ1) is 21.1. The highest BCUT2D eigenvalue weighted by Crippen LogP contribution is 2.27. The third kappa shape index (κ3) is 6.19. The summed E-state index contributed by atoms with van der Waals surface area (Å²) in [6.45, 7) is 9.38. The molecular formula is C22H29N3OS2. The number of nitrogens with one attached hydrogen (secondary N) is 1. The smallest absolute Gasteiger partial charge is 0.252 e. The Hall–Kier alpha value is -1.63. The Kier molecular flexibility index (Phi) is 7.71. The van der Waals surface area contributed by atoms with Gasteiger partial charge in [-0.05, 0) is 45.7 Å². The lowest BCUT2D eigenvalue weighted by molar-refractivity contribution is 0.0911. The number of carbonyl (C=O) groups excluding carboxylic acids is 1. The van der Waals surface area contributed by atoms with Crippen LogP contribution in [-0.2, 0) is 5.75 Å². The average molecular weight is 416 g/mol. The van der Waals surface area contributed by atoms with Crippen LogP contribution in [0, 0.1) is 6.92 Å².